The third kappa shape index (κ3) is 2.26. The van der Waals surface area contributed by atoms with Crippen molar-refractivity contribution in [2.75, 3.05) is 6.54 Å². The fourth-order valence-electron chi connectivity index (χ4n) is 1.26. The van der Waals surface area contributed by atoms with Crippen LogP contribution in [0.4, 0.5) is 0 Å². The number of hydrogen-bond donors (Lipinski definition) is 1. The quantitative estimate of drug-likeness (QED) is 0.946. The molecule has 16 heavy (non-hydrogen) atoms. The Balaban J connectivity index is 2.39. The van der Waals surface area contributed by atoms with Crippen LogP contribution in [0.5, 0.6) is 0 Å². The number of rotatable bonds is 3. The topological polar surface area (TPSA) is 64.9 Å². The molecule has 0 unspecified atom stereocenters. The summed E-state index contributed by atoms with van der Waals surface area (Å²) in [4.78, 5) is 0. The maximum absolute atomic E-state index is 6.11. The van der Waals surface area contributed by atoms with Crippen molar-refractivity contribution < 1.29 is 4.42 Å². The summed E-state index contributed by atoms with van der Waals surface area (Å²) in [5.41, 5.74) is 6.12. The van der Waals surface area contributed by atoms with Gasteiger partial charge in [0.25, 0.3) is 0 Å². The fraction of sp³-hybridized carbons (Fsp3) is 0.200. The van der Waals surface area contributed by atoms with Crippen LogP contribution in [-0.2, 0) is 6.42 Å². The minimum Gasteiger partial charge on any atom is -0.421 e. The zero-order valence-electron chi connectivity index (χ0n) is 8.28. The molecule has 0 aliphatic rings. The number of benzene rings is 1. The Kier molecular flexibility index (Phi) is 3.58. The van der Waals surface area contributed by atoms with Gasteiger partial charge in [0.15, 0.2) is 0 Å². The molecule has 0 spiro atoms. The molecule has 2 aromatic rings. The van der Waals surface area contributed by atoms with Crippen LogP contribution >= 0.6 is 27.5 Å². The maximum atomic E-state index is 6.11. The van der Waals surface area contributed by atoms with Gasteiger partial charge in [-0.3, -0.25) is 0 Å². The second-order valence-corrected chi connectivity index (χ2v) is 4.37. The Hall–Kier alpha value is -0.910. The molecule has 6 heteroatoms. The molecule has 0 radical (unpaired) electrons. The zero-order valence-corrected chi connectivity index (χ0v) is 10.6. The minimum atomic E-state index is 0.412. The third-order valence-electron chi connectivity index (χ3n) is 2.01. The number of nitrogens with zero attached hydrogens (tertiary/aromatic N) is 2. The molecular weight excluding hydrogens is 293 g/mol. The van der Waals surface area contributed by atoms with E-state index in [9.17, 15) is 0 Å². The normalized spacial score (nSPS) is 10.7. The summed E-state index contributed by atoms with van der Waals surface area (Å²) in [5, 5.41) is 8.37. The first kappa shape index (κ1) is 11.6. The van der Waals surface area contributed by atoms with E-state index < -0.39 is 0 Å². The molecule has 1 aromatic heterocycles. The Morgan fingerprint density at radius 2 is 2.19 bits per heavy atom. The van der Waals surface area contributed by atoms with E-state index in [4.69, 9.17) is 21.8 Å². The van der Waals surface area contributed by atoms with Crippen molar-refractivity contribution in [2.45, 2.75) is 6.42 Å². The van der Waals surface area contributed by atoms with Gasteiger partial charge in [0.2, 0.25) is 11.8 Å². The minimum absolute atomic E-state index is 0.412. The van der Waals surface area contributed by atoms with Crippen LogP contribution in [0.3, 0.4) is 0 Å². The first-order valence-corrected chi connectivity index (χ1v) is 5.86. The lowest BCUT2D eigenvalue weighted by Gasteiger charge is -2.00. The zero-order chi connectivity index (χ0) is 11.5. The maximum Gasteiger partial charge on any atom is 0.249 e. The van der Waals surface area contributed by atoms with Gasteiger partial charge in [-0.2, -0.15) is 0 Å². The molecule has 0 saturated heterocycles. The standard InChI is InChI=1S/C10H9BrClN3O/c11-7-3-1-2-6(9(7)12)10-15-14-8(16-10)4-5-13/h1-3H,4-5,13H2. The molecule has 2 rings (SSSR count). The van der Waals surface area contributed by atoms with Crippen molar-refractivity contribution in [1.29, 1.82) is 0 Å². The third-order valence-corrected chi connectivity index (χ3v) is 3.30. The average Bonchev–Trinajstić information content (AvgIpc) is 2.71. The average molecular weight is 303 g/mol. The molecule has 1 heterocycles. The summed E-state index contributed by atoms with van der Waals surface area (Å²) in [6, 6.07) is 5.54. The molecule has 0 atom stereocenters. The highest BCUT2D eigenvalue weighted by Gasteiger charge is 2.12. The predicted octanol–water partition coefficient (Wildman–Crippen LogP) is 2.65. The van der Waals surface area contributed by atoms with E-state index in [0.29, 0.717) is 35.3 Å². The highest BCUT2D eigenvalue weighted by atomic mass is 79.9. The van der Waals surface area contributed by atoms with Gasteiger partial charge < -0.3 is 10.2 Å². The van der Waals surface area contributed by atoms with E-state index in [1.165, 1.54) is 0 Å². The molecule has 0 saturated carbocycles. The molecule has 4 nitrogen and oxygen atoms in total. The second-order valence-electron chi connectivity index (χ2n) is 3.14. The molecule has 0 bridgehead atoms. The first-order valence-electron chi connectivity index (χ1n) is 4.69. The lowest BCUT2D eigenvalue weighted by Crippen LogP contribution is -2.02. The van der Waals surface area contributed by atoms with E-state index in [1.54, 1.807) is 0 Å². The Labute approximate surface area is 106 Å². The molecule has 0 aliphatic heterocycles. The first-order chi connectivity index (χ1) is 7.72. The predicted molar refractivity (Wildman–Crippen MR) is 65.2 cm³/mol. The van der Waals surface area contributed by atoms with Crippen molar-refractivity contribution in [3.05, 3.63) is 33.6 Å². The lowest BCUT2D eigenvalue weighted by molar-refractivity contribution is 0.507. The van der Waals surface area contributed by atoms with Crippen molar-refractivity contribution in [3.63, 3.8) is 0 Å². The summed E-state index contributed by atoms with van der Waals surface area (Å²) >= 11 is 9.45. The highest BCUT2D eigenvalue weighted by molar-refractivity contribution is 9.10. The van der Waals surface area contributed by atoms with Crippen LogP contribution in [0.1, 0.15) is 5.89 Å². The Morgan fingerprint density at radius 1 is 1.38 bits per heavy atom. The Morgan fingerprint density at radius 3 is 2.94 bits per heavy atom. The molecule has 2 N–H and O–H groups in total. The summed E-state index contributed by atoms with van der Waals surface area (Å²) in [7, 11) is 0. The van der Waals surface area contributed by atoms with Gasteiger partial charge in [-0.25, -0.2) is 0 Å². The summed E-state index contributed by atoms with van der Waals surface area (Å²) in [6.07, 6.45) is 0.568. The van der Waals surface area contributed by atoms with Gasteiger partial charge in [0, 0.05) is 17.4 Å². The van der Waals surface area contributed by atoms with E-state index in [1.807, 2.05) is 18.2 Å². The monoisotopic (exact) mass is 301 g/mol. The van der Waals surface area contributed by atoms with Gasteiger partial charge in [-0.05, 0) is 28.1 Å². The second kappa shape index (κ2) is 4.95. The van der Waals surface area contributed by atoms with Crippen LogP contribution in [0, 0.1) is 0 Å². The largest absolute Gasteiger partial charge is 0.421 e. The fourth-order valence-corrected chi connectivity index (χ4v) is 1.83. The number of halogens is 2. The molecule has 0 fully saturated rings. The Bertz CT molecular complexity index is 501. The summed E-state index contributed by atoms with van der Waals surface area (Å²) < 4.78 is 6.23. The lowest BCUT2D eigenvalue weighted by atomic mass is 10.2. The molecule has 84 valence electrons. The van der Waals surface area contributed by atoms with Crippen molar-refractivity contribution >= 4 is 27.5 Å². The van der Waals surface area contributed by atoms with Crippen LogP contribution in [-0.4, -0.2) is 16.7 Å². The van der Waals surface area contributed by atoms with Crippen LogP contribution in [0.15, 0.2) is 27.1 Å². The summed E-state index contributed by atoms with van der Waals surface area (Å²) in [5.74, 6) is 0.934. The smallest absolute Gasteiger partial charge is 0.249 e. The SMILES string of the molecule is NCCc1nnc(-c2cccc(Br)c2Cl)o1. The van der Waals surface area contributed by atoms with Gasteiger partial charge in [0.05, 0.1) is 10.6 Å². The van der Waals surface area contributed by atoms with Crippen molar-refractivity contribution in [2.24, 2.45) is 5.73 Å². The summed E-state index contributed by atoms with van der Waals surface area (Å²) in [6.45, 7) is 0.480. The van der Waals surface area contributed by atoms with Gasteiger partial charge >= 0.3 is 0 Å². The van der Waals surface area contributed by atoms with Crippen LogP contribution < -0.4 is 5.73 Å². The van der Waals surface area contributed by atoms with E-state index in [2.05, 4.69) is 26.1 Å². The molecule has 1 aromatic carbocycles. The van der Waals surface area contributed by atoms with E-state index in [0.717, 1.165) is 4.47 Å². The van der Waals surface area contributed by atoms with Gasteiger partial charge in [-0.15, -0.1) is 10.2 Å². The highest BCUT2D eigenvalue weighted by Crippen LogP contribution is 2.32. The number of hydrogen-bond acceptors (Lipinski definition) is 4. The van der Waals surface area contributed by atoms with Gasteiger partial charge in [-0.1, -0.05) is 17.7 Å². The van der Waals surface area contributed by atoms with Crippen molar-refractivity contribution in [1.82, 2.24) is 10.2 Å². The molecule has 0 aliphatic carbocycles. The van der Waals surface area contributed by atoms with Crippen LogP contribution in [0.2, 0.25) is 5.02 Å². The van der Waals surface area contributed by atoms with Gasteiger partial charge in [0.1, 0.15) is 0 Å². The van der Waals surface area contributed by atoms with Crippen LogP contribution in [0.25, 0.3) is 11.5 Å². The number of nitrogens with two attached hydrogens (primary N) is 1. The molecular formula is C10H9BrClN3O. The molecule has 0 amide bonds. The van der Waals surface area contributed by atoms with Crippen molar-refractivity contribution in [3.8, 4) is 11.5 Å². The van der Waals surface area contributed by atoms with E-state index in [-0.39, 0.29) is 0 Å². The number of aromatic nitrogens is 2. The van der Waals surface area contributed by atoms with E-state index >= 15 is 0 Å².